The molecule has 16 heavy (non-hydrogen) atoms. The first-order chi connectivity index (χ1) is 7.50. The molecule has 0 aliphatic carbocycles. The molecular weight excluding hydrogens is 220 g/mol. The smallest absolute Gasteiger partial charge is 0.251 e. The lowest BCUT2D eigenvalue weighted by molar-refractivity contribution is 0.0943. The van der Waals surface area contributed by atoms with Gasteiger partial charge in [0.25, 0.3) is 5.91 Å². The van der Waals surface area contributed by atoms with Gasteiger partial charge in [-0.05, 0) is 45.3 Å². The zero-order valence-electron chi connectivity index (χ0n) is 9.90. The van der Waals surface area contributed by atoms with Gasteiger partial charge in [-0.15, -0.1) is 12.6 Å². The standard InChI is InChI=1S/C12H18N2OS/c1-9(14(2)3)8-13-12(15)10-4-6-11(16)7-5-10/h4-7,9,16H,8H2,1-3H3,(H,13,15). The first-order valence-corrected chi connectivity index (χ1v) is 5.69. The molecule has 0 heterocycles. The Morgan fingerprint density at radius 1 is 1.38 bits per heavy atom. The van der Waals surface area contributed by atoms with Crippen LogP contribution < -0.4 is 5.32 Å². The van der Waals surface area contributed by atoms with Gasteiger partial charge in [-0.25, -0.2) is 0 Å². The number of carbonyl (C=O) groups is 1. The fourth-order valence-electron chi connectivity index (χ4n) is 1.14. The van der Waals surface area contributed by atoms with Crippen molar-refractivity contribution < 1.29 is 4.79 Å². The molecule has 3 nitrogen and oxygen atoms in total. The van der Waals surface area contributed by atoms with Crippen molar-refractivity contribution >= 4 is 18.5 Å². The fourth-order valence-corrected chi connectivity index (χ4v) is 1.29. The summed E-state index contributed by atoms with van der Waals surface area (Å²) in [5, 5.41) is 2.89. The summed E-state index contributed by atoms with van der Waals surface area (Å²) < 4.78 is 0. The second-order valence-corrected chi connectivity index (χ2v) is 4.59. The summed E-state index contributed by atoms with van der Waals surface area (Å²) in [6, 6.07) is 7.50. The van der Waals surface area contributed by atoms with Gasteiger partial charge in [-0.2, -0.15) is 0 Å². The Hall–Kier alpha value is -1.00. The van der Waals surface area contributed by atoms with Crippen LogP contribution in [0, 0.1) is 0 Å². The first kappa shape index (κ1) is 13.1. The number of hydrogen-bond donors (Lipinski definition) is 2. The summed E-state index contributed by atoms with van der Waals surface area (Å²) in [6.07, 6.45) is 0. The zero-order chi connectivity index (χ0) is 12.1. The van der Waals surface area contributed by atoms with Crippen LogP contribution in [-0.2, 0) is 0 Å². The Bertz CT molecular complexity index is 349. The zero-order valence-corrected chi connectivity index (χ0v) is 10.8. The predicted molar refractivity (Wildman–Crippen MR) is 69.2 cm³/mol. The number of thiol groups is 1. The third kappa shape index (κ3) is 3.87. The van der Waals surface area contributed by atoms with Crippen LogP contribution in [0.2, 0.25) is 0 Å². The number of amides is 1. The summed E-state index contributed by atoms with van der Waals surface area (Å²) in [5.41, 5.74) is 0.670. The van der Waals surface area contributed by atoms with Crippen molar-refractivity contribution in [2.45, 2.75) is 17.9 Å². The van der Waals surface area contributed by atoms with Gasteiger partial charge in [-0.1, -0.05) is 0 Å². The highest BCUT2D eigenvalue weighted by Crippen LogP contribution is 2.07. The van der Waals surface area contributed by atoms with E-state index in [4.69, 9.17) is 0 Å². The van der Waals surface area contributed by atoms with E-state index >= 15 is 0 Å². The van der Waals surface area contributed by atoms with E-state index in [-0.39, 0.29) is 5.91 Å². The molecule has 1 amide bonds. The molecule has 1 atom stereocenters. The molecule has 0 saturated heterocycles. The summed E-state index contributed by atoms with van der Waals surface area (Å²) in [7, 11) is 3.99. The molecule has 1 N–H and O–H groups in total. The molecule has 1 rings (SSSR count). The Morgan fingerprint density at radius 3 is 2.44 bits per heavy atom. The van der Waals surface area contributed by atoms with Gasteiger partial charge in [-0.3, -0.25) is 4.79 Å². The molecular formula is C12H18N2OS. The molecule has 0 aromatic heterocycles. The minimum Gasteiger partial charge on any atom is -0.350 e. The Balaban J connectivity index is 2.50. The molecule has 0 spiro atoms. The number of carbonyl (C=O) groups excluding carboxylic acids is 1. The van der Waals surface area contributed by atoms with Gasteiger partial charge in [0.05, 0.1) is 0 Å². The van der Waals surface area contributed by atoms with Crippen molar-refractivity contribution in [2.75, 3.05) is 20.6 Å². The Kier molecular flexibility index (Phi) is 4.83. The molecule has 1 aromatic carbocycles. The Morgan fingerprint density at radius 2 is 1.94 bits per heavy atom. The largest absolute Gasteiger partial charge is 0.350 e. The van der Waals surface area contributed by atoms with Crippen LogP contribution in [0.3, 0.4) is 0 Å². The van der Waals surface area contributed by atoms with Gasteiger partial charge in [0, 0.05) is 23.0 Å². The number of nitrogens with zero attached hydrogens (tertiary/aromatic N) is 1. The van der Waals surface area contributed by atoms with Crippen LogP contribution >= 0.6 is 12.6 Å². The summed E-state index contributed by atoms with van der Waals surface area (Å²) in [5.74, 6) is -0.0398. The lowest BCUT2D eigenvalue weighted by Crippen LogP contribution is -2.38. The number of benzene rings is 1. The van der Waals surface area contributed by atoms with Crippen LogP contribution in [0.25, 0.3) is 0 Å². The average molecular weight is 238 g/mol. The highest BCUT2D eigenvalue weighted by atomic mass is 32.1. The van der Waals surface area contributed by atoms with Gasteiger partial charge in [0.1, 0.15) is 0 Å². The van der Waals surface area contributed by atoms with Crippen molar-refractivity contribution in [3.8, 4) is 0 Å². The second-order valence-electron chi connectivity index (χ2n) is 4.07. The van der Waals surface area contributed by atoms with E-state index in [2.05, 4.69) is 29.8 Å². The van der Waals surface area contributed by atoms with E-state index in [1.807, 2.05) is 26.2 Å². The molecule has 0 radical (unpaired) electrons. The van der Waals surface area contributed by atoms with Crippen LogP contribution in [-0.4, -0.2) is 37.5 Å². The lowest BCUT2D eigenvalue weighted by Gasteiger charge is -2.19. The van der Waals surface area contributed by atoms with E-state index in [0.717, 1.165) is 4.90 Å². The maximum atomic E-state index is 11.7. The molecule has 88 valence electrons. The SMILES string of the molecule is CC(CNC(=O)c1ccc(S)cc1)N(C)C. The number of hydrogen-bond acceptors (Lipinski definition) is 3. The summed E-state index contributed by atoms with van der Waals surface area (Å²) >= 11 is 4.17. The average Bonchev–Trinajstić information content (AvgIpc) is 2.26. The van der Waals surface area contributed by atoms with Crippen molar-refractivity contribution in [1.29, 1.82) is 0 Å². The molecule has 0 fully saturated rings. The number of nitrogens with one attached hydrogen (secondary N) is 1. The van der Waals surface area contributed by atoms with Crippen LogP contribution in [0.4, 0.5) is 0 Å². The Labute approximate surface area is 102 Å². The van der Waals surface area contributed by atoms with E-state index in [1.54, 1.807) is 12.1 Å². The molecule has 4 heteroatoms. The molecule has 0 saturated carbocycles. The van der Waals surface area contributed by atoms with E-state index in [0.29, 0.717) is 18.2 Å². The minimum atomic E-state index is -0.0398. The summed E-state index contributed by atoms with van der Waals surface area (Å²) in [6.45, 7) is 2.71. The first-order valence-electron chi connectivity index (χ1n) is 5.24. The highest BCUT2D eigenvalue weighted by molar-refractivity contribution is 7.80. The van der Waals surface area contributed by atoms with E-state index < -0.39 is 0 Å². The van der Waals surface area contributed by atoms with E-state index in [1.165, 1.54) is 0 Å². The molecule has 1 aromatic rings. The van der Waals surface area contributed by atoms with Crippen LogP contribution in [0.1, 0.15) is 17.3 Å². The van der Waals surface area contributed by atoms with Crippen molar-refractivity contribution in [2.24, 2.45) is 0 Å². The van der Waals surface area contributed by atoms with Gasteiger partial charge < -0.3 is 10.2 Å². The lowest BCUT2D eigenvalue weighted by atomic mass is 10.2. The monoisotopic (exact) mass is 238 g/mol. The van der Waals surface area contributed by atoms with E-state index in [9.17, 15) is 4.79 Å². The number of likely N-dealkylation sites (N-methyl/N-ethyl adjacent to an activating group) is 1. The van der Waals surface area contributed by atoms with Crippen molar-refractivity contribution in [1.82, 2.24) is 10.2 Å². The van der Waals surface area contributed by atoms with Crippen LogP contribution in [0.15, 0.2) is 29.2 Å². The molecule has 0 bridgehead atoms. The topological polar surface area (TPSA) is 32.3 Å². The summed E-state index contributed by atoms with van der Waals surface area (Å²) in [4.78, 5) is 14.7. The quantitative estimate of drug-likeness (QED) is 0.782. The predicted octanol–water partition coefficient (Wildman–Crippen LogP) is 1.66. The van der Waals surface area contributed by atoms with Crippen LogP contribution in [0.5, 0.6) is 0 Å². The second kappa shape index (κ2) is 5.92. The highest BCUT2D eigenvalue weighted by Gasteiger charge is 2.08. The molecule has 1 unspecified atom stereocenters. The normalized spacial score (nSPS) is 12.6. The van der Waals surface area contributed by atoms with Gasteiger partial charge >= 0.3 is 0 Å². The van der Waals surface area contributed by atoms with Gasteiger partial charge in [0.2, 0.25) is 0 Å². The fraction of sp³-hybridized carbons (Fsp3) is 0.417. The third-order valence-corrected chi connectivity index (χ3v) is 2.87. The maximum Gasteiger partial charge on any atom is 0.251 e. The van der Waals surface area contributed by atoms with Crippen molar-refractivity contribution in [3.63, 3.8) is 0 Å². The molecule has 0 aliphatic heterocycles. The van der Waals surface area contributed by atoms with Gasteiger partial charge in [0.15, 0.2) is 0 Å². The third-order valence-electron chi connectivity index (χ3n) is 2.57. The minimum absolute atomic E-state index is 0.0398. The molecule has 0 aliphatic rings. The number of rotatable bonds is 4. The van der Waals surface area contributed by atoms with Crippen molar-refractivity contribution in [3.05, 3.63) is 29.8 Å². The maximum absolute atomic E-state index is 11.7.